The van der Waals surface area contributed by atoms with E-state index in [2.05, 4.69) is 15.2 Å². The molecule has 6 nitrogen and oxygen atoms in total. The lowest BCUT2D eigenvalue weighted by molar-refractivity contribution is 0.394. The Labute approximate surface area is 165 Å². The molecule has 1 fully saturated rings. The van der Waals surface area contributed by atoms with E-state index in [4.69, 9.17) is 26.1 Å². The maximum absolute atomic E-state index is 6.30. The van der Waals surface area contributed by atoms with Crippen LogP contribution in [0.4, 0.5) is 11.5 Å². The van der Waals surface area contributed by atoms with E-state index in [1.165, 1.54) is 0 Å². The summed E-state index contributed by atoms with van der Waals surface area (Å²) in [4.78, 5) is 11.4. The molecule has 1 aromatic heterocycles. The monoisotopic (exact) mass is 390 g/mol. The molecular weight excluding hydrogens is 364 g/mol. The van der Waals surface area contributed by atoms with Gasteiger partial charge in [-0.2, -0.15) is 0 Å². The van der Waals surface area contributed by atoms with Crippen LogP contribution in [0.2, 0.25) is 5.15 Å². The number of anilines is 2. The number of piperidine rings is 1. The number of nitrogens with one attached hydrogen (secondary N) is 1. The van der Waals surface area contributed by atoms with Crippen molar-refractivity contribution in [3.63, 3.8) is 0 Å². The van der Waals surface area contributed by atoms with Crippen molar-refractivity contribution in [1.29, 1.82) is 0 Å². The molecule has 7 heteroatoms. The Morgan fingerprint density at radius 3 is 2.30 bits per heavy atom. The van der Waals surface area contributed by atoms with Gasteiger partial charge in [0.2, 0.25) is 0 Å². The van der Waals surface area contributed by atoms with Crippen molar-refractivity contribution >= 4 is 23.1 Å². The fraction of sp³-hybridized carbons (Fsp3) is 0.500. The molecule has 0 atom stereocenters. The SMILES string of the molecule is CCc1nc(Cl)c(C)c(N2CCC(Nc3cc(OC)cc(OC)c3)CC2)n1. The summed E-state index contributed by atoms with van der Waals surface area (Å²) in [5.41, 5.74) is 1.97. The number of hydrogen-bond donors (Lipinski definition) is 1. The van der Waals surface area contributed by atoms with E-state index >= 15 is 0 Å². The molecule has 146 valence electrons. The Balaban J connectivity index is 1.67. The van der Waals surface area contributed by atoms with Crippen molar-refractivity contribution < 1.29 is 9.47 Å². The smallest absolute Gasteiger partial charge is 0.137 e. The molecule has 0 spiro atoms. The summed E-state index contributed by atoms with van der Waals surface area (Å²) < 4.78 is 10.7. The zero-order valence-corrected chi connectivity index (χ0v) is 17.1. The molecule has 1 aliphatic heterocycles. The van der Waals surface area contributed by atoms with Gasteiger partial charge in [-0.15, -0.1) is 0 Å². The zero-order chi connectivity index (χ0) is 19.4. The fourth-order valence-electron chi connectivity index (χ4n) is 3.35. The van der Waals surface area contributed by atoms with Crippen LogP contribution in [0.25, 0.3) is 0 Å². The van der Waals surface area contributed by atoms with E-state index in [1.54, 1.807) is 14.2 Å². The second kappa shape index (κ2) is 8.65. The third-order valence-electron chi connectivity index (χ3n) is 4.94. The van der Waals surface area contributed by atoms with Crippen molar-refractivity contribution in [2.75, 3.05) is 37.5 Å². The summed E-state index contributed by atoms with van der Waals surface area (Å²) in [5, 5.41) is 4.16. The lowest BCUT2D eigenvalue weighted by atomic mass is 10.0. The number of aromatic nitrogens is 2. The van der Waals surface area contributed by atoms with E-state index in [-0.39, 0.29) is 0 Å². The van der Waals surface area contributed by atoms with Crippen molar-refractivity contribution in [2.45, 2.75) is 39.2 Å². The van der Waals surface area contributed by atoms with Gasteiger partial charge in [0.15, 0.2) is 0 Å². The molecule has 0 bridgehead atoms. The van der Waals surface area contributed by atoms with Gasteiger partial charge in [-0.3, -0.25) is 0 Å². The second-order valence-electron chi connectivity index (χ2n) is 6.74. The van der Waals surface area contributed by atoms with Crippen LogP contribution in [-0.4, -0.2) is 43.3 Å². The summed E-state index contributed by atoms with van der Waals surface area (Å²) in [6, 6.07) is 6.26. The molecule has 0 radical (unpaired) electrons. The van der Waals surface area contributed by atoms with Gasteiger partial charge in [-0.1, -0.05) is 18.5 Å². The van der Waals surface area contributed by atoms with E-state index < -0.39 is 0 Å². The first-order valence-corrected chi connectivity index (χ1v) is 9.69. The Morgan fingerprint density at radius 2 is 1.74 bits per heavy atom. The molecule has 0 unspecified atom stereocenters. The number of aryl methyl sites for hydroxylation is 1. The average Bonchev–Trinajstić information content (AvgIpc) is 2.70. The van der Waals surface area contributed by atoms with Crippen molar-refractivity contribution in [3.05, 3.63) is 34.7 Å². The molecule has 1 aromatic carbocycles. The molecule has 1 N–H and O–H groups in total. The summed E-state index contributed by atoms with van der Waals surface area (Å²) >= 11 is 6.30. The number of rotatable bonds is 6. The van der Waals surface area contributed by atoms with Crippen LogP contribution in [0.1, 0.15) is 31.2 Å². The minimum atomic E-state index is 0.390. The van der Waals surface area contributed by atoms with Crippen LogP contribution in [0.5, 0.6) is 11.5 Å². The van der Waals surface area contributed by atoms with Crippen molar-refractivity contribution in [1.82, 2.24) is 9.97 Å². The van der Waals surface area contributed by atoms with Gasteiger partial charge in [0.05, 0.1) is 14.2 Å². The van der Waals surface area contributed by atoms with E-state index in [0.29, 0.717) is 11.2 Å². The molecule has 0 amide bonds. The minimum absolute atomic E-state index is 0.390. The number of methoxy groups -OCH3 is 2. The molecule has 27 heavy (non-hydrogen) atoms. The topological polar surface area (TPSA) is 59.5 Å². The predicted molar refractivity (Wildman–Crippen MR) is 110 cm³/mol. The summed E-state index contributed by atoms with van der Waals surface area (Å²) in [7, 11) is 3.33. The molecule has 1 saturated heterocycles. The average molecular weight is 391 g/mol. The summed E-state index contributed by atoms with van der Waals surface area (Å²) in [6.45, 7) is 5.89. The number of ether oxygens (including phenoxy) is 2. The van der Waals surface area contributed by atoms with Crippen LogP contribution in [0.3, 0.4) is 0 Å². The lowest BCUT2D eigenvalue weighted by Gasteiger charge is -2.34. The van der Waals surface area contributed by atoms with Gasteiger partial charge in [-0.05, 0) is 19.8 Å². The molecular formula is C20H27ClN4O2. The highest BCUT2D eigenvalue weighted by Crippen LogP contribution is 2.29. The van der Waals surface area contributed by atoms with Crippen LogP contribution in [0.15, 0.2) is 18.2 Å². The third kappa shape index (κ3) is 4.56. The molecule has 2 heterocycles. The highest BCUT2D eigenvalue weighted by Gasteiger charge is 2.23. The molecule has 0 aliphatic carbocycles. The first-order valence-electron chi connectivity index (χ1n) is 9.31. The van der Waals surface area contributed by atoms with Crippen molar-refractivity contribution in [3.8, 4) is 11.5 Å². The largest absolute Gasteiger partial charge is 0.497 e. The molecule has 0 saturated carbocycles. The highest BCUT2D eigenvalue weighted by atomic mass is 35.5. The quantitative estimate of drug-likeness (QED) is 0.749. The van der Waals surface area contributed by atoms with E-state index in [0.717, 1.165) is 66.7 Å². The maximum Gasteiger partial charge on any atom is 0.137 e. The van der Waals surface area contributed by atoms with Gasteiger partial charge < -0.3 is 19.7 Å². The van der Waals surface area contributed by atoms with Gasteiger partial charge in [0.1, 0.15) is 28.3 Å². The highest BCUT2D eigenvalue weighted by molar-refractivity contribution is 6.30. The van der Waals surface area contributed by atoms with E-state index in [9.17, 15) is 0 Å². The first kappa shape index (κ1) is 19.5. The fourth-order valence-corrected chi connectivity index (χ4v) is 3.53. The van der Waals surface area contributed by atoms with Gasteiger partial charge in [0.25, 0.3) is 0 Å². The van der Waals surface area contributed by atoms with Crippen LogP contribution >= 0.6 is 11.6 Å². The number of nitrogens with zero attached hydrogens (tertiary/aromatic N) is 3. The van der Waals surface area contributed by atoms with Gasteiger partial charge >= 0.3 is 0 Å². The van der Waals surface area contributed by atoms with Crippen LogP contribution in [-0.2, 0) is 6.42 Å². The molecule has 1 aliphatic rings. The number of halogens is 1. The Hall–Kier alpha value is -2.21. The zero-order valence-electron chi connectivity index (χ0n) is 16.4. The van der Waals surface area contributed by atoms with Gasteiger partial charge in [0, 0.05) is 55.0 Å². The maximum atomic E-state index is 6.30. The second-order valence-corrected chi connectivity index (χ2v) is 7.10. The van der Waals surface area contributed by atoms with Gasteiger partial charge in [-0.25, -0.2) is 9.97 Å². The predicted octanol–water partition coefficient (Wildman–Crippen LogP) is 4.10. The minimum Gasteiger partial charge on any atom is -0.497 e. The lowest BCUT2D eigenvalue weighted by Crippen LogP contribution is -2.40. The normalized spacial score (nSPS) is 14.9. The standard InChI is InChI=1S/C20H27ClN4O2/c1-5-18-23-19(21)13(2)20(24-18)25-8-6-14(7-9-25)22-15-10-16(26-3)12-17(11-15)27-4/h10-12,14,22H,5-9H2,1-4H3. The Kier molecular flexibility index (Phi) is 6.26. The third-order valence-corrected chi connectivity index (χ3v) is 5.31. The number of hydrogen-bond acceptors (Lipinski definition) is 6. The number of benzene rings is 1. The first-order chi connectivity index (χ1) is 13.0. The van der Waals surface area contributed by atoms with Crippen molar-refractivity contribution in [2.24, 2.45) is 0 Å². The summed E-state index contributed by atoms with van der Waals surface area (Å²) in [5.74, 6) is 3.33. The molecule has 3 rings (SSSR count). The Morgan fingerprint density at radius 1 is 1.11 bits per heavy atom. The Bertz CT molecular complexity index is 770. The van der Waals surface area contributed by atoms with E-state index in [1.807, 2.05) is 32.0 Å². The van der Waals surface area contributed by atoms with Crippen LogP contribution in [0, 0.1) is 6.92 Å². The van der Waals surface area contributed by atoms with Crippen LogP contribution < -0.4 is 19.7 Å². The summed E-state index contributed by atoms with van der Waals surface area (Å²) in [6.07, 6.45) is 2.81. The molecule has 2 aromatic rings.